The highest BCUT2D eigenvalue weighted by Gasteiger charge is 2.21. The van der Waals surface area contributed by atoms with Crippen LogP contribution in [0.25, 0.3) is 0 Å². The zero-order chi connectivity index (χ0) is 24.4. The van der Waals surface area contributed by atoms with E-state index in [2.05, 4.69) is 28.1 Å². The van der Waals surface area contributed by atoms with Crippen LogP contribution >= 0.6 is 0 Å². The van der Waals surface area contributed by atoms with E-state index in [4.69, 9.17) is 4.74 Å². The van der Waals surface area contributed by atoms with Crippen molar-refractivity contribution in [1.82, 2.24) is 0 Å². The molecule has 0 atom stereocenters. The van der Waals surface area contributed by atoms with Gasteiger partial charge in [0, 0.05) is 22.5 Å². The molecule has 6 heteroatoms. The number of benzene rings is 3. The molecule has 0 aliphatic heterocycles. The summed E-state index contributed by atoms with van der Waals surface area (Å²) in [5.74, 6) is 0.546. The number of nitrogens with one attached hydrogen (secondary N) is 3. The molecule has 0 bridgehead atoms. The number of aryl methyl sites for hydroxylation is 1. The second-order valence-electron chi connectivity index (χ2n) is 9.15. The first-order valence-corrected chi connectivity index (χ1v) is 11.5. The van der Waals surface area contributed by atoms with Crippen LogP contribution in [-0.4, -0.2) is 25.0 Å². The standard InChI is InChI=1S/C28H33N3O3/c1-28(2,3)27(33)31-24-13-7-12-23(19-24)29-20-26(32)30-22-14-16-25(17-15-22)34-18-8-11-21-9-5-4-6-10-21/h4-7,9-10,12-17,19,29H,8,11,18,20H2,1-3H3,(H,30,32)(H,31,33). The topological polar surface area (TPSA) is 79.5 Å². The Hall–Kier alpha value is -3.80. The summed E-state index contributed by atoms with van der Waals surface area (Å²) in [7, 11) is 0. The van der Waals surface area contributed by atoms with Gasteiger partial charge in [-0.3, -0.25) is 9.59 Å². The molecule has 0 radical (unpaired) electrons. The molecule has 3 aromatic carbocycles. The van der Waals surface area contributed by atoms with Gasteiger partial charge in [-0.15, -0.1) is 0 Å². The fourth-order valence-electron chi connectivity index (χ4n) is 3.16. The van der Waals surface area contributed by atoms with Crippen LogP contribution in [0.1, 0.15) is 32.8 Å². The van der Waals surface area contributed by atoms with Crippen molar-refractivity contribution in [3.8, 4) is 5.75 Å². The van der Waals surface area contributed by atoms with Crippen molar-refractivity contribution in [1.29, 1.82) is 0 Å². The van der Waals surface area contributed by atoms with E-state index in [0.29, 0.717) is 18.0 Å². The second kappa shape index (κ2) is 11.9. The van der Waals surface area contributed by atoms with Crippen molar-refractivity contribution < 1.29 is 14.3 Å². The van der Waals surface area contributed by atoms with Crippen LogP contribution < -0.4 is 20.7 Å². The SMILES string of the molecule is CC(C)(C)C(=O)Nc1cccc(NCC(=O)Nc2ccc(OCCCc3ccccc3)cc2)c1. The van der Waals surface area contributed by atoms with E-state index in [9.17, 15) is 9.59 Å². The van der Waals surface area contributed by atoms with Crippen molar-refractivity contribution >= 4 is 28.9 Å². The number of hydrogen-bond donors (Lipinski definition) is 3. The van der Waals surface area contributed by atoms with Gasteiger partial charge in [-0.2, -0.15) is 0 Å². The molecule has 3 rings (SSSR count). The Labute approximate surface area is 201 Å². The number of rotatable bonds is 10. The molecule has 0 aliphatic carbocycles. The molecule has 0 unspecified atom stereocenters. The molecular formula is C28H33N3O3. The van der Waals surface area contributed by atoms with Crippen LogP contribution in [0.4, 0.5) is 17.1 Å². The molecule has 3 aromatic rings. The van der Waals surface area contributed by atoms with Crippen molar-refractivity contribution in [2.45, 2.75) is 33.6 Å². The second-order valence-corrected chi connectivity index (χ2v) is 9.15. The predicted molar refractivity (Wildman–Crippen MR) is 138 cm³/mol. The highest BCUT2D eigenvalue weighted by Crippen LogP contribution is 2.20. The molecule has 178 valence electrons. The predicted octanol–water partition coefficient (Wildman–Crippen LogP) is 5.73. The largest absolute Gasteiger partial charge is 0.494 e. The molecule has 0 fully saturated rings. The van der Waals surface area contributed by atoms with E-state index in [1.54, 1.807) is 6.07 Å². The molecule has 3 N–H and O–H groups in total. The van der Waals surface area contributed by atoms with Gasteiger partial charge in [-0.1, -0.05) is 57.2 Å². The third-order valence-corrected chi connectivity index (χ3v) is 5.11. The Balaban J connectivity index is 1.40. The Bertz CT molecular complexity index is 1070. The lowest BCUT2D eigenvalue weighted by Crippen LogP contribution is -2.27. The van der Waals surface area contributed by atoms with Gasteiger partial charge < -0.3 is 20.7 Å². The molecule has 0 aliphatic rings. The van der Waals surface area contributed by atoms with Gasteiger partial charge in [0.2, 0.25) is 11.8 Å². The maximum atomic E-state index is 12.3. The zero-order valence-corrected chi connectivity index (χ0v) is 20.1. The smallest absolute Gasteiger partial charge is 0.243 e. The molecule has 2 amide bonds. The van der Waals surface area contributed by atoms with Crippen LogP contribution in [0, 0.1) is 5.41 Å². The molecule has 0 heterocycles. The van der Waals surface area contributed by atoms with Crippen LogP contribution in [0.2, 0.25) is 0 Å². The summed E-state index contributed by atoms with van der Waals surface area (Å²) in [6.07, 6.45) is 1.92. The fraction of sp³-hybridized carbons (Fsp3) is 0.286. The third kappa shape index (κ3) is 8.28. The lowest BCUT2D eigenvalue weighted by atomic mass is 9.95. The number of anilines is 3. The quantitative estimate of drug-likeness (QED) is 0.338. The van der Waals surface area contributed by atoms with Gasteiger partial charge >= 0.3 is 0 Å². The van der Waals surface area contributed by atoms with E-state index >= 15 is 0 Å². The number of carbonyl (C=O) groups excluding carboxylic acids is 2. The maximum Gasteiger partial charge on any atom is 0.243 e. The lowest BCUT2D eigenvalue weighted by Gasteiger charge is -2.18. The maximum absolute atomic E-state index is 12.3. The lowest BCUT2D eigenvalue weighted by molar-refractivity contribution is -0.123. The van der Waals surface area contributed by atoms with Gasteiger partial charge in [0.15, 0.2) is 0 Å². The molecule has 34 heavy (non-hydrogen) atoms. The number of hydrogen-bond acceptors (Lipinski definition) is 4. The van der Waals surface area contributed by atoms with Gasteiger partial charge in [0.05, 0.1) is 13.2 Å². The van der Waals surface area contributed by atoms with Gasteiger partial charge in [0.1, 0.15) is 5.75 Å². The van der Waals surface area contributed by atoms with E-state index in [0.717, 1.165) is 24.3 Å². The summed E-state index contributed by atoms with van der Waals surface area (Å²) in [5, 5.41) is 8.85. The Kier molecular flexibility index (Phi) is 8.68. The summed E-state index contributed by atoms with van der Waals surface area (Å²) in [6, 6.07) is 25.0. The molecule has 0 spiro atoms. The van der Waals surface area contributed by atoms with Crippen molar-refractivity contribution in [3.05, 3.63) is 84.4 Å². The molecule has 0 aromatic heterocycles. The fourth-order valence-corrected chi connectivity index (χ4v) is 3.16. The minimum absolute atomic E-state index is 0.0639. The van der Waals surface area contributed by atoms with E-state index in [-0.39, 0.29) is 18.4 Å². The van der Waals surface area contributed by atoms with Crippen molar-refractivity contribution in [3.63, 3.8) is 0 Å². The molecular weight excluding hydrogens is 426 g/mol. The van der Waals surface area contributed by atoms with Gasteiger partial charge in [0.25, 0.3) is 0 Å². The first kappa shape index (κ1) is 24.8. The minimum atomic E-state index is -0.480. The van der Waals surface area contributed by atoms with Crippen LogP contribution in [-0.2, 0) is 16.0 Å². The number of amides is 2. The van der Waals surface area contributed by atoms with Crippen molar-refractivity contribution in [2.24, 2.45) is 5.41 Å². The summed E-state index contributed by atoms with van der Waals surface area (Å²) in [6.45, 7) is 6.33. The van der Waals surface area contributed by atoms with Gasteiger partial charge in [-0.25, -0.2) is 0 Å². The Morgan fingerprint density at radius 3 is 2.21 bits per heavy atom. The Morgan fingerprint density at radius 1 is 0.794 bits per heavy atom. The highest BCUT2D eigenvalue weighted by molar-refractivity contribution is 5.95. The van der Waals surface area contributed by atoms with Crippen LogP contribution in [0.5, 0.6) is 5.75 Å². The molecule has 0 saturated heterocycles. The number of carbonyl (C=O) groups is 2. The molecule has 6 nitrogen and oxygen atoms in total. The Morgan fingerprint density at radius 2 is 1.50 bits per heavy atom. The first-order valence-electron chi connectivity index (χ1n) is 11.5. The van der Waals surface area contributed by atoms with E-state index < -0.39 is 5.41 Å². The highest BCUT2D eigenvalue weighted by atomic mass is 16.5. The summed E-state index contributed by atoms with van der Waals surface area (Å²) in [5.41, 5.74) is 2.96. The average molecular weight is 460 g/mol. The number of ether oxygens (including phenoxy) is 1. The minimum Gasteiger partial charge on any atom is -0.494 e. The molecule has 0 saturated carbocycles. The summed E-state index contributed by atoms with van der Waals surface area (Å²) in [4.78, 5) is 24.5. The normalized spacial score (nSPS) is 10.9. The van der Waals surface area contributed by atoms with E-state index in [1.807, 2.05) is 81.4 Å². The average Bonchev–Trinajstić information content (AvgIpc) is 2.82. The monoisotopic (exact) mass is 459 g/mol. The van der Waals surface area contributed by atoms with Crippen molar-refractivity contribution in [2.75, 3.05) is 29.1 Å². The first-order chi connectivity index (χ1) is 16.3. The van der Waals surface area contributed by atoms with Crippen LogP contribution in [0.3, 0.4) is 0 Å². The zero-order valence-electron chi connectivity index (χ0n) is 20.1. The van der Waals surface area contributed by atoms with Gasteiger partial charge in [-0.05, 0) is 60.9 Å². The summed E-state index contributed by atoms with van der Waals surface area (Å²) < 4.78 is 5.80. The van der Waals surface area contributed by atoms with E-state index in [1.165, 1.54) is 5.56 Å². The van der Waals surface area contributed by atoms with Crippen LogP contribution in [0.15, 0.2) is 78.9 Å². The third-order valence-electron chi connectivity index (χ3n) is 5.11. The summed E-state index contributed by atoms with van der Waals surface area (Å²) >= 11 is 0.